The monoisotopic (exact) mass is 498 g/mol. The van der Waals surface area contributed by atoms with Crippen LogP contribution in [0.5, 0.6) is 0 Å². The maximum atomic E-state index is 13.9. The van der Waals surface area contributed by atoms with Gasteiger partial charge in [-0.05, 0) is 56.5 Å². The van der Waals surface area contributed by atoms with E-state index in [4.69, 9.17) is 22.3 Å². The topological polar surface area (TPSA) is 80.3 Å². The number of imidazole rings is 1. The first-order valence-electron chi connectivity index (χ1n) is 11.6. The molecule has 1 aliphatic rings. The molecule has 0 unspecified atom stereocenters. The number of rotatable bonds is 9. The van der Waals surface area contributed by atoms with Crippen LogP contribution >= 0.6 is 11.6 Å². The second kappa shape index (κ2) is 11.5. The first-order chi connectivity index (χ1) is 16.9. The molecule has 0 saturated carbocycles. The van der Waals surface area contributed by atoms with Crippen LogP contribution in [-0.4, -0.2) is 28.9 Å². The van der Waals surface area contributed by atoms with Gasteiger partial charge in [0, 0.05) is 30.3 Å². The van der Waals surface area contributed by atoms with Crippen molar-refractivity contribution in [3.63, 3.8) is 0 Å². The van der Waals surface area contributed by atoms with Crippen LogP contribution in [0.25, 0.3) is 11.4 Å². The van der Waals surface area contributed by atoms with Gasteiger partial charge in [-0.1, -0.05) is 36.4 Å². The van der Waals surface area contributed by atoms with E-state index >= 15 is 0 Å². The zero-order valence-corrected chi connectivity index (χ0v) is 20.2. The fourth-order valence-corrected chi connectivity index (χ4v) is 4.40. The molecule has 1 saturated heterocycles. The van der Waals surface area contributed by atoms with Gasteiger partial charge >= 0.3 is 0 Å². The average molecular weight is 499 g/mol. The van der Waals surface area contributed by atoms with E-state index in [2.05, 4.69) is 22.2 Å². The molecule has 0 spiro atoms. The summed E-state index contributed by atoms with van der Waals surface area (Å²) in [6.07, 6.45) is 4.82. The van der Waals surface area contributed by atoms with E-state index in [0.29, 0.717) is 39.7 Å². The van der Waals surface area contributed by atoms with Gasteiger partial charge in [0.2, 0.25) is 0 Å². The van der Waals surface area contributed by atoms with Gasteiger partial charge < -0.3 is 20.9 Å². The summed E-state index contributed by atoms with van der Waals surface area (Å²) >= 11 is 6.48. The van der Waals surface area contributed by atoms with Crippen LogP contribution in [0.2, 0.25) is 5.02 Å². The Morgan fingerprint density at radius 1 is 1.26 bits per heavy atom. The van der Waals surface area contributed by atoms with Crippen molar-refractivity contribution in [3.05, 3.63) is 82.8 Å². The number of nitrogen functional groups attached to an aromatic ring is 1. The summed E-state index contributed by atoms with van der Waals surface area (Å²) in [7, 11) is 0. The van der Waals surface area contributed by atoms with Crippen molar-refractivity contribution >= 4 is 23.6 Å². The summed E-state index contributed by atoms with van der Waals surface area (Å²) < 4.78 is 29.0. The van der Waals surface area contributed by atoms with Gasteiger partial charge in [-0.25, -0.2) is 18.8 Å². The summed E-state index contributed by atoms with van der Waals surface area (Å²) in [5, 5.41) is 6.91. The molecular weight excluding hydrogens is 470 g/mol. The minimum atomic E-state index is -0.629. The largest absolute Gasteiger partial charge is 0.383 e. The Labute approximate surface area is 208 Å². The highest BCUT2D eigenvalue weighted by atomic mass is 35.5. The van der Waals surface area contributed by atoms with E-state index in [0.717, 1.165) is 50.5 Å². The fourth-order valence-electron chi connectivity index (χ4n) is 4.18. The molecule has 0 radical (unpaired) electrons. The summed E-state index contributed by atoms with van der Waals surface area (Å²) in [5.41, 5.74) is 8.12. The zero-order valence-electron chi connectivity index (χ0n) is 19.4. The van der Waals surface area contributed by atoms with E-state index in [1.165, 1.54) is 18.3 Å². The number of benzene rings is 2. The normalized spacial score (nSPS) is 14.5. The van der Waals surface area contributed by atoms with Gasteiger partial charge in [0.15, 0.2) is 0 Å². The van der Waals surface area contributed by atoms with E-state index in [-0.39, 0.29) is 6.54 Å². The predicted molar refractivity (Wildman–Crippen MR) is 137 cm³/mol. The van der Waals surface area contributed by atoms with Crippen molar-refractivity contribution in [3.8, 4) is 11.4 Å². The molecule has 1 aromatic heterocycles. The third kappa shape index (κ3) is 6.26. The highest BCUT2D eigenvalue weighted by Crippen LogP contribution is 2.31. The number of hydrogen-bond acceptors (Lipinski definition) is 5. The smallest absolute Gasteiger partial charge is 0.143 e. The third-order valence-electron chi connectivity index (χ3n) is 6.21. The number of aromatic nitrogens is 2. The maximum absolute atomic E-state index is 13.9. The molecule has 3 aromatic rings. The van der Waals surface area contributed by atoms with Crippen LogP contribution in [0.3, 0.4) is 0 Å². The molecule has 1 aliphatic heterocycles. The lowest BCUT2D eigenvalue weighted by Gasteiger charge is -2.23. The van der Waals surface area contributed by atoms with Gasteiger partial charge in [0.1, 0.15) is 34.8 Å². The average Bonchev–Trinajstić information content (AvgIpc) is 3.16. The number of piperidine rings is 1. The fraction of sp³-hybridized carbons (Fsp3) is 0.308. The summed E-state index contributed by atoms with van der Waals surface area (Å²) in [6, 6.07) is 11.0. The molecule has 6 nitrogen and oxygen atoms in total. The second-order valence-corrected chi connectivity index (χ2v) is 9.02. The van der Waals surface area contributed by atoms with Crippen LogP contribution in [0.15, 0.2) is 59.9 Å². The van der Waals surface area contributed by atoms with Crippen LogP contribution in [0, 0.1) is 17.6 Å². The van der Waals surface area contributed by atoms with E-state index in [9.17, 15) is 8.78 Å². The molecule has 9 heteroatoms. The molecule has 4 rings (SSSR count). The molecule has 2 aromatic carbocycles. The Bertz CT molecular complexity index is 1220. The van der Waals surface area contributed by atoms with Crippen LogP contribution in [0.1, 0.15) is 30.5 Å². The number of nitrogens with two attached hydrogens (primary N) is 1. The van der Waals surface area contributed by atoms with Crippen molar-refractivity contribution < 1.29 is 8.78 Å². The summed E-state index contributed by atoms with van der Waals surface area (Å²) in [4.78, 5) is 9.05. The second-order valence-electron chi connectivity index (χ2n) is 8.61. The molecule has 0 bridgehead atoms. The predicted octanol–water partition coefficient (Wildman–Crippen LogP) is 5.13. The van der Waals surface area contributed by atoms with E-state index in [1.807, 2.05) is 28.8 Å². The van der Waals surface area contributed by atoms with Gasteiger partial charge in [-0.15, -0.1) is 0 Å². The van der Waals surface area contributed by atoms with Gasteiger partial charge in [-0.2, -0.15) is 0 Å². The highest BCUT2D eigenvalue weighted by molar-refractivity contribution is 6.33. The Morgan fingerprint density at radius 2 is 2.03 bits per heavy atom. The molecular formula is C26H29ClF2N6. The molecule has 0 amide bonds. The molecule has 0 aliphatic carbocycles. The van der Waals surface area contributed by atoms with Crippen LogP contribution in [0.4, 0.5) is 14.6 Å². The number of nitrogens with one attached hydrogen (secondary N) is 2. The Morgan fingerprint density at radius 3 is 2.77 bits per heavy atom. The van der Waals surface area contributed by atoms with Crippen molar-refractivity contribution in [1.82, 2.24) is 20.2 Å². The lowest BCUT2D eigenvalue weighted by molar-refractivity contribution is 0.339. The number of aliphatic imine (C=N–C) groups is 1. The lowest BCUT2D eigenvalue weighted by Crippen LogP contribution is -2.28. The number of nitrogens with zero attached hydrogens (tertiary/aromatic N) is 3. The molecule has 1 fully saturated rings. The Balaban J connectivity index is 1.51. The van der Waals surface area contributed by atoms with Crippen LogP contribution in [-0.2, 0) is 13.1 Å². The van der Waals surface area contributed by atoms with Crippen molar-refractivity contribution in [1.29, 1.82) is 0 Å². The molecule has 4 N–H and O–H groups in total. The minimum Gasteiger partial charge on any atom is -0.383 e. The Hall–Kier alpha value is -3.23. The van der Waals surface area contributed by atoms with Crippen molar-refractivity contribution in [2.75, 3.05) is 18.8 Å². The molecule has 184 valence electrons. The van der Waals surface area contributed by atoms with E-state index < -0.39 is 11.6 Å². The molecule has 0 atom stereocenters. The standard InChI is InChI=1S/C26H29ClF2N6/c1-17(32-15-19-6-7-20(28)14-23(19)29)33-16-24-25(30)35(13-10-18-8-11-31-12-9-18)26(34-24)21-4-2-3-5-22(21)27/h2-7,14,16,18,31-32H,1,8-13,15,30H2. The third-order valence-corrected chi connectivity index (χ3v) is 6.54. The van der Waals surface area contributed by atoms with Crippen molar-refractivity contribution in [2.45, 2.75) is 32.4 Å². The van der Waals surface area contributed by atoms with Gasteiger partial charge in [0.05, 0.1) is 11.2 Å². The SMILES string of the molecule is C=C(N=Cc1nc(-c2ccccc2Cl)n(CCC2CCNCC2)c1N)NCc1ccc(F)cc1F. The summed E-state index contributed by atoms with van der Waals surface area (Å²) in [5.74, 6) is 0.867. The number of anilines is 1. The zero-order chi connectivity index (χ0) is 24.8. The van der Waals surface area contributed by atoms with E-state index in [1.54, 1.807) is 0 Å². The van der Waals surface area contributed by atoms with Gasteiger partial charge in [0.25, 0.3) is 0 Å². The van der Waals surface area contributed by atoms with Gasteiger partial charge in [-0.3, -0.25) is 0 Å². The summed E-state index contributed by atoms with van der Waals surface area (Å²) in [6.45, 7) is 6.77. The minimum absolute atomic E-state index is 0.118. The van der Waals surface area contributed by atoms with Crippen molar-refractivity contribution in [2.24, 2.45) is 10.9 Å². The Kier molecular flexibility index (Phi) is 8.15. The lowest BCUT2D eigenvalue weighted by atomic mass is 9.95. The molecule has 35 heavy (non-hydrogen) atoms. The number of halogens is 3. The van der Waals surface area contributed by atoms with Crippen LogP contribution < -0.4 is 16.4 Å². The number of hydrogen-bond donors (Lipinski definition) is 3. The first-order valence-corrected chi connectivity index (χ1v) is 12.0. The first kappa shape index (κ1) is 24.9. The highest BCUT2D eigenvalue weighted by Gasteiger charge is 2.19. The molecule has 2 heterocycles. The quantitative estimate of drug-likeness (QED) is 0.357. The maximum Gasteiger partial charge on any atom is 0.143 e.